The van der Waals surface area contributed by atoms with E-state index in [2.05, 4.69) is 20.2 Å². The zero-order valence-electron chi connectivity index (χ0n) is 14.6. The second-order valence-electron chi connectivity index (χ2n) is 6.58. The van der Waals surface area contributed by atoms with Crippen LogP contribution in [0, 0.1) is 18.7 Å². The fourth-order valence-corrected chi connectivity index (χ4v) is 3.55. The van der Waals surface area contributed by atoms with Crippen molar-refractivity contribution in [1.82, 2.24) is 20.2 Å². The lowest BCUT2D eigenvalue weighted by Crippen LogP contribution is -2.28. The molecule has 0 spiro atoms. The third-order valence-electron chi connectivity index (χ3n) is 4.86. The molecular weight excluding hydrogens is 369 g/mol. The first-order valence-corrected chi connectivity index (χ1v) is 8.99. The molecule has 0 radical (unpaired) electrons. The van der Waals surface area contributed by atoms with Gasteiger partial charge in [-0.25, -0.2) is 9.37 Å². The van der Waals surface area contributed by atoms with Crippen molar-refractivity contribution < 1.29 is 9.18 Å². The van der Waals surface area contributed by atoms with E-state index in [0.29, 0.717) is 30.8 Å². The molecular formula is C19H17ClFN5O. The van der Waals surface area contributed by atoms with Crippen molar-refractivity contribution in [2.24, 2.45) is 5.92 Å². The Balaban J connectivity index is 1.54. The predicted octanol–water partition coefficient (Wildman–Crippen LogP) is 3.56. The Bertz CT molecular complexity index is 991. The van der Waals surface area contributed by atoms with Crippen LogP contribution in [0.3, 0.4) is 0 Å². The third-order valence-corrected chi connectivity index (χ3v) is 5.14. The van der Waals surface area contributed by atoms with Crippen LogP contribution in [0.2, 0.25) is 5.15 Å². The van der Waals surface area contributed by atoms with Crippen LogP contribution in [0.1, 0.15) is 17.5 Å². The van der Waals surface area contributed by atoms with Crippen molar-refractivity contribution in [1.29, 1.82) is 0 Å². The highest BCUT2D eigenvalue weighted by atomic mass is 35.5. The Hall–Kier alpha value is -2.80. The van der Waals surface area contributed by atoms with E-state index in [4.69, 9.17) is 11.6 Å². The molecule has 1 amide bonds. The molecule has 1 atom stereocenters. The van der Waals surface area contributed by atoms with Crippen molar-refractivity contribution in [2.75, 3.05) is 11.4 Å². The molecule has 27 heavy (non-hydrogen) atoms. The summed E-state index contributed by atoms with van der Waals surface area (Å²) in [4.78, 5) is 22.4. The molecule has 1 aliphatic rings. The predicted molar refractivity (Wildman–Crippen MR) is 99.9 cm³/mol. The van der Waals surface area contributed by atoms with E-state index in [-0.39, 0.29) is 17.0 Å². The van der Waals surface area contributed by atoms with Gasteiger partial charge in [0.25, 0.3) is 0 Å². The molecule has 8 heteroatoms. The van der Waals surface area contributed by atoms with E-state index < -0.39 is 5.82 Å². The molecule has 6 nitrogen and oxygen atoms in total. The first-order chi connectivity index (χ1) is 13.0. The number of hydrogen-bond acceptors (Lipinski definition) is 4. The van der Waals surface area contributed by atoms with Gasteiger partial charge < -0.3 is 0 Å². The number of rotatable bonds is 4. The summed E-state index contributed by atoms with van der Waals surface area (Å²) in [5.41, 5.74) is 3.31. The maximum absolute atomic E-state index is 13.6. The third kappa shape index (κ3) is 3.30. The Morgan fingerprint density at radius 1 is 1.37 bits per heavy atom. The molecule has 1 unspecified atom stereocenters. The lowest BCUT2D eigenvalue weighted by atomic mass is 9.99. The second-order valence-corrected chi connectivity index (χ2v) is 6.94. The van der Waals surface area contributed by atoms with Gasteiger partial charge in [0, 0.05) is 42.2 Å². The number of aromatic amines is 1. The highest BCUT2D eigenvalue weighted by molar-refractivity contribution is 6.29. The van der Waals surface area contributed by atoms with Crippen molar-refractivity contribution in [2.45, 2.75) is 19.8 Å². The quantitative estimate of drug-likeness (QED) is 0.697. The maximum atomic E-state index is 13.6. The molecule has 0 saturated carbocycles. The highest BCUT2D eigenvalue weighted by Gasteiger charge is 2.34. The minimum atomic E-state index is -0.567. The number of nitrogens with one attached hydrogen (secondary N) is 1. The lowest BCUT2D eigenvalue weighted by Gasteiger charge is -2.16. The molecule has 1 aliphatic heterocycles. The number of pyridine rings is 2. The van der Waals surface area contributed by atoms with Gasteiger partial charge >= 0.3 is 0 Å². The average molecular weight is 386 g/mol. The Morgan fingerprint density at radius 2 is 2.15 bits per heavy atom. The van der Waals surface area contributed by atoms with Gasteiger partial charge in [-0.15, -0.1) is 0 Å². The van der Waals surface area contributed by atoms with Crippen molar-refractivity contribution in [3.63, 3.8) is 0 Å². The van der Waals surface area contributed by atoms with E-state index in [1.165, 1.54) is 12.3 Å². The van der Waals surface area contributed by atoms with Crippen molar-refractivity contribution >= 4 is 23.3 Å². The molecule has 4 heterocycles. The Labute approximate surface area is 160 Å². The van der Waals surface area contributed by atoms with Crippen LogP contribution in [0.25, 0.3) is 11.3 Å². The Morgan fingerprint density at radius 3 is 2.89 bits per heavy atom. The fourth-order valence-electron chi connectivity index (χ4n) is 3.45. The van der Waals surface area contributed by atoms with E-state index >= 15 is 0 Å². The van der Waals surface area contributed by atoms with Crippen LogP contribution >= 0.6 is 11.6 Å². The summed E-state index contributed by atoms with van der Waals surface area (Å²) in [6, 6.07) is 5.10. The smallest absolute Gasteiger partial charge is 0.231 e. The van der Waals surface area contributed by atoms with E-state index in [9.17, 15) is 9.18 Å². The highest BCUT2D eigenvalue weighted by Crippen LogP contribution is 2.32. The van der Waals surface area contributed by atoms with Gasteiger partial charge in [0.05, 0.1) is 5.69 Å². The summed E-state index contributed by atoms with van der Waals surface area (Å²) in [6.07, 6.45) is 6.05. The molecule has 3 aromatic heterocycles. The summed E-state index contributed by atoms with van der Waals surface area (Å²) >= 11 is 5.62. The monoisotopic (exact) mass is 385 g/mol. The fraction of sp³-hybridized carbons (Fsp3) is 0.263. The molecule has 3 aromatic rings. The van der Waals surface area contributed by atoms with Gasteiger partial charge in [-0.2, -0.15) is 5.10 Å². The van der Waals surface area contributed by atoms with Crippen LogP contribution in [0.5, 0.6) is 0 Å². The second kappa shape index (κ2) is 7.08. The molecule has 1 saturated heterocycles. The number of halogens is 2. The number of carbonyl (C=O) groups excluding carboxylic acids is 1. The molecule has 138 valence electrons. The van der Waals surface area contributed by atoms with E-state index in [0.717, 1.165) is 16.8 Å². The van der Waals surface area contributed by atoms with Gasteiger partial charge in [-0.1, -0.05) is 11.6 Å². The summed E-state index contributed by atoms with van der Waals surface area (Å²) in [7, 11) is 0. The first-order valence-electron chi connectivity index (χ1n) is 8.61. The van der Waals surface area contributed by atoms with Gasteiger partial charge in [-0.3, -0.25) is 19.8 Å². The number of carbonyl (C=O) groups is 1. The zero-order chi connectivity index (χ0) is 19.0. The minimum Gasteiger partial charge on any atom is -0.297 e. The number of nitrogens with zero attached hydrogens (tertiary/aromatic N) is 4. The topological polar surface area (TPSA) is 74.8 Å². The van der Waals surface area contributed by atoms with Gasteiger partial charge in [0.15, 0.2) is 11.0 Å². The standard InChI is InChI=1S/C19H17ClFN5O/c1-11-16(13-2-5-22-6-3-13)24-25-18(11)26-7-4-14(19(26)27)8-12-9-15(21)17(20)23-10-12/h2-3,5-6,9-10,14H,4,7-8H2,1H3,(H,24,25). The van der Waals surface area contributed by atoms with Gasteiger partial charge in [-0.05, 0) is 43.5 Å². The van der Waals surface area contributed by atoms with E-state index in [1.54, 1.807) is 17.3 Å². The average Bonchev–Trinajstić information content (AvgIpc) is 3.22. The molecule has 0 aliphatic carbocycles. The van der Waals surface area contributed by atoms with E-state index in [1.807, 2.05) is 19.1 Å². The zero-order valence-corrected chi connectivity index (χ0v) is 15.4. The summed E-state index contributed by atoms with van der Waals surface area (Å²) in [6.45, 7) is 2.53. The van der Waals surface area contributed by atoms with Crippen LogP contribution in [0.4, 0.5) is 10.2 Å². The van der Waals surface area contributed by atoms with Crippen molar-refractivity contribution in [3.05, 3.63) is 58.9 Å². The van der Waals surface area contributed by atoms with Crippen LogP contribution in [0.15, 0.2) is 36.8 Å². The largest absolute Gasteiger partial charge is 0.297 e. The number of hydrogen-bond donors (Lipinski definition) is 1. The number of amides is 1. The summed E-state index contributed by atoms with van der Waals surface area (Å²) in [5.74, 6) is -0.0876. The normalized spacial score (nSPS) is 16.9. The van der Waals surface area contributed by atoms with Gasteiger partial charge in [0.1, 0.15) is 5.82 Å². The minimum absolute atomic E-state index is 0.00149. The molecule has 1 fully saturated rings. The first kappa shape index (κ1) is 17.6. The number of anilines is 1. The number of aromatic nitrogens is 4. The maximum Gasteiger partial charge on any atom is 0.231 e. The van der Waals surface area contributed by atoms with Crippen LogP contribution in [-0.2, 0) is 11.2 Å². The number of H-pyrrole nitrogens is 1. The summed E-state index contributed by atoms with van der Waals surface area (Å²) < 4.78 is 13.6. The van der Waals surface area contributed by atoms with Crippen LogP contribution < -0.4 is 4.90 Å². The molecule has 1 N–H and O–H groups in total. The Kier molecular flexibility index (Phi) is 4.61. The lowest BCUT2D eigenvalue weighted by molar-refractivity contribution is -0.120. The van der Waals surface area contributed by atoms with Crippen LogP contribution in [-0.4, -0.2) is 32.6 Å². The molecule has 4 rings (SSSR count). The molecule has 0 aromatic carbocycles. The summed E-state index contributed by atoms with van der Waals surface area (Å²) in [5, 5.41) is 7.21. The molecule has 0 bridgehead atoms. The SMILES string of the molecule is Cc1c(-c2ccncc2)n[nH]c1N1CCC(Cc2cnc(Cl)c(F)c2)C1=O. The van der Waals surface area contributed by atoms with Gasteiger partial charge in [0.2, 0.25) is 5.91 Å². The van der Waals surface area contributed by atoms with Crippen molar-refractivity contribution in [3.8, 4) is 11.3 Å².